The van der Waals surface area contributed by atoms with Crippen molar-refractivity contribution in [3.05, 3.63) is 29.3 Å². The molecule has 4 nitrogen and oxygen atoms in total. The number of hydrogen-bond acceptors (Lipinski definition) is 4. The zero-order valence-electron chi connectivity index (χ0n) is 8.77. The Morgan fingerprint density at radius 2 is 1.93 bits per heavy atom. The monoisotopic (exact) mass is 211 g/mol. The van der Waals surface area contributed by atoms with Gasteiger partial charge in [0.1, 0.15) is 5.75 Å². The number of aromatic hydroxyl groups is 1. The van der Waals surface area contributed by atoms with Crippen molar-refractivity contribution in [3.8, 4) is 5.75 Å². The Bertz CT molecular complexity index is 311. The van der Waals surface area contributed by atoms with Gasteiger partial charge < -0.3 is 20.6 Å². The first-order valence-electron chi connectivity index (χ1n) is 4.91. The van der Waals surface area contributed by atoms with Crippen molar-refractivity contribution >= 4 is 0 Å². The fourth-order valence-corrected chi connectivity index (χ4v) is 1.30. The minimum absolute atomic E-state index is 0.122. The third-order valence-electron chi connectivity index (χ3n) is 2.34. The Labute approximate surface area is 89.2 Å². The summed E-state index contributed by atoms with van der Waals surface area (Å²) in [4.78, 5) is 0. The van der Waals surface area contributed by atoms with Crippen LogP contribution in [0, 0.1) is 6.92 Å². The van der Waals surface area contributed by atoms with Crippen LogP contribution in [0.2, 0.25) is 0 Å². The van der Waals surface area contributed by atoms with E-state index < -0.39 is 0 Å². The van der Waals surface area contributed by atoms with Crippen LogP contribution >= 0.6 is 0 Å². The number of nitrogens with one attached hydrogen (secondary N) is 1. The van der Waals surface area contributed by atoms with Crippen molar-refractivity contribution in [2.45, 2.75) is 19.5 Å². The maximum absolute atomic E-state index is 9.69. The first-order valence-corrected chi connectivity index (χ1v) is 4.91. The van der Waals surface area contributed by atoms with Gasteiger partial charge in [-0.05, 0) is 12.5 Å². The van der Waals surface area contributed by atoms with Gasteiger partial charge in [-0.3, -0.25) is 0 Å². The van der Waals surface area contributed by atoms with Gasteiger partial charge in [0, 0.05) is 12.1 Å². The number of rotatable bonds is 5. The van der Waals surface area contributed by atoms with Gasteiger partial charge in [-0.2, -0.15) is 0 Å². The van der Waals surface area contributed by atoms with E-state index in [2.05, 4.69) is 5.32 Å². The molecule has 0 aliphatic heterocycles. The van der Waals surface area contributed by atoms with Crippen LogP contribution in [-0.4, -0.2) is 34.6 Å². The first-order chi connectivity index (χ1) is 7.19. The lowest BCUT2D eigenvalue weighted by molar-refractivity contribution is 0.170. The Hall–Kier alpha value is -1.10. The molecule has 0 aliphatic rings. The molecular weight excluding hydrogens is 194 g/mol. The molecule has 0 aromatic heterocycles. The van der Waals surface area contributed by atoms with Crippen LogP contribution in [0.3, 0.4) is 0 Å². The minimum atomic E-state index is -0.343. The highest BCUT2D eigenvalue weighted by Crippen LogP contribution is 2.20. The highest BCUT2D eigenvalue weighted by molar-refractivity contribution is 5.39. The summed E-state index contributed by atoms with van der Waals surface area (Å²) < 4.78 is 0. The van der Waals surface area contributed by atoms with E-state index in [-0.39, 0.29) is 25.0 Å². The molecule has 1 rings (SSSR count). The zero-order chi connectivity index (χ0) is 11.3. The molecule has 4 heteroatoms. The lowest BCUT2D eigenvalue weighted by atomic mass is 10.1. The fraction of sp³-hybridized carbons (Fsp3) is 0.455. The molecule has 0 radical (unpaired) electrons. The van der Waals surface area contributed by atoms with Crippen LogP contribution in [0.5, 0.6) is 5.75 Å². The summed E-state index contributed by atoms with van der Waals surface area (Å²) in [5.41, 5.74) is 1.58. The second-order valence-corrected chi connectivity index (χ2v) is 3.53. The standard InChI is InChI=1S/C11H17NO3/c1-8-3-2-4-9(11(8)15)5-12-10(6-13)7-14/h2-4,10,12-15H,5-7H2,1H3. The van der Waals surface area contributed by atoms with Crippen LogP contribution in [0.15, 0.2) is 18.2 Å². The van der Waals surface area contributed by atoms with Crippen LogP contribution in [-0.2, 0) is 6.54 Å². The Balaban J connectivity index is 2.61. The lowest BCUT2D eigenvalue weighted by Crippen LogP contribution is -2.35. The molecule has 0 aliphatic carbocycles. The van der Waals surface area contributed by atoms with Crippen molar-refractivity contribution in [2.75, 3.05) is 13.2 Å². The lowest BCUT2D eigenvalue weighted by Gasteiger charge is -2.14. The maximum Gasteiger partial charge on any atom is 0.122 e. The largest absolute Gasteiger partial charge is 0.507 e. The Morgan fingerprint density at radius 3 is 2.53 bits per heavy atom. The molecule has 1 aromatic carbocycles. The molecule has 0 fully saturated rings. The van der Waals surface area contributed by atoms with Gasteiger partial charge in [0.2, 0.25) is 0 Å². The van der Waals surface area contributed by atoms with Gasteiger partial charge in [0.25, 0.3) is 0 Å². The summed E-state index contributed by atoms with van der Waals surface area (Å²) >= 11 is 0. The molecule has 4 N–H and O–H groups in total. The summed E-state index contributed by atoms with van der Waals surface area (Å²) in [5.74, 6) is 0.264. The van der Waals surface area contributed by atoms with Gasteiger partial charge in [0.15, 0.2) is 0 Å². The summed E-state index contributed by atoms with van der Waals surface area (Å²) in [7, 11) is 0. The van der Waals surface area contributed by atoms with E-state index in [9.17, 15) is 5.11 Å². The van der Waals surface area contributed by atoms with E-state index >= 15 is 0 Å². The van der Waals surface area contributed by atoms with Gasteiger partial charge >= 0.3 is 0 Å². The molecule has 84 valence electrons. The number of phenolic OH excluding ortho intramolecular Hbond substituents is 1. The number of benzene rings is 1. The number of hydrogen-bond donors (Lipinski definition) is 4. The predicted octanol–water partition coefficient (Wildman–Crippen LogP) is 0.143. The molecule has 0 saturated carbocycles. The first kappa shape index (κ1) is 12.0. The summed E-state index contributed by atoms with van der Waals surface area (Å²) in [6.45, 7) is 2.01. The second kappa shape index (κ2) is 5.70. The average Bonchev–Trinajstić information content (AvgIpc) is 2.25. The molecule has 0 saturated heterocycles. The topological polar surface area (TPSA) is 72.7 Å². The molecule has 0 atom stereocenters. The zero-order valence-corrected chi connectivity index (χ0v) is 8.77. The van der Waals surface area contributed by atoms with E-state index in [0.29, 0.717) is 6.54 Å². The summed E-state index contributed by atoms with van der Waals surface area (Å²) in [6, 6.07) is 5.15. The van der Waals surface area contributed by atoms with Gasteiger partial charge in [0.05, 0.1) is 19.3 Å². The molecule has 0 heterocycles. The van der Waals surface area contributed by atoms with Crippen LogP contribution in [0.4, 0.5) is 0 Å². The fourth-order valence-electron chi connectivity index (χ4n) is 1.30. The molecule has 0 amide bonds. The molecular formula is C11H17NO3. The van der Waals surface area contributed by atoms with Crippen molar-refractivity contribution in [1.82, 2.24) is 5.32 Å². The van der Waals surface area contributed by atoms with E-state index in [4.69, 9.17) is 10.2 Å². The number of aliphatic hydroxyl groups excluding tert-OH is 2. The Kier molecular flexibility index (Phi) is 4.55. The van der Waals surface area contributed by atoms with Crippen LogP contribution in [0.1, 0.15) is 11.1 Å². The van der Waals surface area contributed by atoms with Crippen molar-refractivity contribution < 1.29 is 15.3 Å². The summed E-state index contributed by atoms with van der Waals surface area (Å²) in [5, 5.41) is 30.3. The maximum atomic E-state index is 9.69. The average molecular weight is 211 g/mol. The molecule has 1 aromatic rings. The van der Waals surface area contributed by atoms with Gasteiger partial charge in [-0.15, -0.1) is 0 Å². The van der Waals surface area contributed by atoms with E-state index in [1.165, 1.54) is 0 Å². The molecule has 0 bridgehead atoms. The van der Waals surface area contributed by atoms with E-state index in [1.807, 2.05) is 19.1 Å². The normalized spacial score (nSPS) is 10.9. The van der Waals surface area contributed by atoms with Gasteiger partial charge in [-0.1, -0.05) is 18.2 Å². The molecule has 0 unspecified atom stereocenters. The highest BCUT2D eigenvalue weighted by Gasteiger charge is 2.07. The van der Waals surface area contributed by atoms with E-state index in [1.54, 1.807) is 6.07 Å². The van der Waals surface area contributed by atoms with Crippen molar-refractivity contribution in [3.63, 3.8) is 0 Å². The number of phenols is 1. The van der Waals surface area contributed by atoms with Crippen molar-refractivity contribution in [2.24, 2.45) is 0 Å². The third kappa shape index (κ3) is 3.20. The van der Waals surface area contributed by atoms with Gasteiger partial charge in [-0.25, -0.2) is 0 Å². The third-order valence-corrected chi connectivity index (χ3v) is 2.34. The number of para-hydroxylation sites is 1. The Morgan fingerprint density at radius 1 is 1.27 bits per heavy atom. The van der Waals surface area contributed by atoms with Crippen LogP contribution in [0.25, 0.3) is 0 Å². The number of aryl methyl sites for hydroxylation is 1. The summed E-state index contributed by atoms with van der Waals surface area (Å²) in [6.07, 6.45) is 0. The predicted molar refractivity (Wildman–Crippen MR) is 57.6 cm³/mol. The SMILES string of the molecule is Cc1cccc(CNC(CO)CO)c1O. The van der Waals surface area contributed by atoms with Crippen LogP contribution < -0.4 is 5.32 Å². The molecule has 0 spiro atoms. The van der Waals surface area contributed by atoms with E-state index in [0.717, 1.165) is 11.1 Å². The number of aliphatic hydroxyl groups is 2. The van der Waals surface area contributed by atoms with Crippen molar-refractivity contribution in [1.29, 1.82) is 0 Å². The second-order valence-electron chi connectivity index (χ2n) is 3.53. The minimum Gasteiger partial charge on any atom is -0.507 e. The molecule has 15 heavy (non-hydrogen) atoms. The highest BCUT2D eigenvalue weighted by atomic mass is 16.3. The quantitative estimate of drug-likeness (QED) is 0.559. The smallest absolute Gasteiger partial charge is 0.122 e.